The quantitative estimate of drug-likeness (QED) is 0.244. The molecule has 3 aromatic carbocycles. The van der Waals surface area contributed by atoms with Gasteiger partial charge in [-0.05, 0) is 48.9 Å². The lowest BCUT2D eigenvalue weighted by molar-refractivity contribution is 0.0692. The minimum Gasteiger partial charge on any atom is -0.381 e. The van der Waals surface area contributed by atoms with Crippen molar-refractivity contribution in [2.45, 2.75) is 6.92 Å². The fourth-order valence-electron chi connectivity index (χ4n) is 4.93. The van der Waals surface area contributed by atoms with Crippen LogP contribution in [-0.4, -0.2) is 68.7 Å². The second kappa shape index (κ2) is 10.3. The molecule has 40 heavy (non-hydrogen) atoms. The summed E-state index contributed by atoms with van der Waals surface area (Å²) in [6.07, 6.45) is 3.89. The highest BCUT2D eigenvalue weighted by molar-refractivity contribution is 6.35. The Labute approximate surface area is 231 Å². The molecule has 0 unspecified atom stereocenters. The Morgan fingerprint density at radius 2 is 1.38 bits per heavy atom. The number of amides is 4. The molecule has 0 N–H and O–H groups in total. The average Bonchev–Trinajstić information content (AvgIpc) is 3.34. The maximum absolute atomic E-state index is 13.5. The van der Waals surface area contributed by atoms with Crippen LogP contribution in [0.3, 0.4) is 0 Å². The van der Waals surface area contributed by atoms with Gasteiger partial charge in [-0.3, -0.25) is 28.9 Å². The van der Waals surface area contributed by atoms with Crippen molar-refractivity contribution in [3.63, 3.8) is 0 Å². The van der Waals surface area contributed by atoms with Crippen LogP contribution >= 0.6 is 0 Å². The number of anilines is 2. The second-order valence-corrected chi connectivity index (χ2v) is 9.74. The molecule has 0 radical (unpaired) electrons. The van der Waals surface area contributed by atoms with E-state index in [0.29, 0.717) is 18.8 Å². The zero-order chi connectivity index (χ0) is 28.7. The molecule has 0 bridgehead atoms. The number of ketones is 1. The van der Waals surface area contributed by atoms with E-state index in [1.807, 2.05) is 37.1 Å². The summed E-state index contributed by atoms with van der Waals surface area (Å²) in [5, 5.41) is 0. The number of carbonyl (C=O) groups excluding carboxylic acids is 5. The van der Waals surface area contributed by atoms with Crippen LogP contribution in [0.4, 0.5) is 11.4 Å². The first kappa shape index (κ1) is 26.7. The van der Waals surface area contributed by atoms with E-state index in [1.165, 1.54) is 43.4 Å². The summed E-state index contributed by atoms with van der Waals surface area (Å²) in [7, 11) is 4.93. The molecule has 9 heteroatoms. The number of benzene rings is 3. The van der Waals surface area contributed by atoms with Crippen LogP contribution in [0.5, 0.6) is 0 Å². The topological polar surface area (TPSA) is 104 Å². The van der Waals surface area contributed by atoms with Gasteiger partial charge < -0.3 is 9.64 Å². The molecule has 3 aromatic rings. The number of hydrogen-bond donors (Lipinski definition) is 0. The monoisotopic (exact) mass is 537 g/mol. The molecule has 4 amide bonds. The molecule has 9 nitrogen and oxygen atoms in total. The van der Waals surface area contributed by atoms with E-state index in [1.54, 1.807) is 19.2 Å². The number of nitrogens with zero attached hydrogens (tertiary/aromatic N) is 3. The van der Waals surface area contributed by atoms with E-state index in [0.717, 1.165) is 21.1 Å². The van der Waals surface area contributed by atoms with E-state index in [-0.39, 0.29) is 33.4 Å². The molecule has 2 aliphatic rings. The highest BCUT2D eigenvalue weighted by Crippen LogP contribution is 2.33. The Morgan fingerprint density at radius 3 is 2.02 bits per heavy atom. The van der Waals surface area contributed by atoms with E-state index < -0.39 is 29.4 Å². The normalized spacial score (nSPS) is 14.4. The summed E-state index contributed by atoms with van der Waals surface area (Å²) >= 11 is 0. The fraction of sp³-hybridized carbons (Fsp3) is 0.194. The molecule has 0 atom stereocenters. The minimum absolute atomic E-state index is 0.126. The molecule has 2 aliphatic heterocycles. The summed E-state index contributed by atoms with van der Waals surface area (Å²) in [4.78, 5) is 68.8. The van der Waals surface area contributed by atoms with Crippen LogP contribution in [0.2, 0.25) is 0 Å². The number of hydrogen-bond acceptors (Lipinski definition) is 7. The number of likely N-dealkylation sites (N-methyl/N-ethyl adjacent to an activating group) is 1. The Balaban J connectivity index is 1.42. The molecule has 0 fully saturated rings. The van der Waals surface area contributed by atoms with Crippen molar-refractivity contribution >= 4 is 40.8 Å². The molecule has 0 aliphatic carbocycles. The van der Waals surface area contributed by atoms with Crippen molar-refractivity contribution in [3.05, 3.63) is 106 Å². The molecule has 0 spiro atoms. The van der Waals surface area contributed by atoms with Gasteiger partial charge in [0, 0.05) is 44.6 Å². The number of fused-ring (bicyclic) bond motifs is 2. The molecule has 0 saturated heterocycles. The third-order valence-electron chi connectivity index (χ3n) is 7.17. The Bertz CT molecular complexity index is 1640. The van der Waals surface area contributed by atoms with Gasteiger partial charge in [-0.25, -0.2) is 4.90 Å². The van der Waals surface area contributed by atoms with Crippen LogP contribution in [0.1, 0.15) is 62.9 Å². The zero-order valence-electron chi connectivity index (χ0n) is 22.6. The predicted molar refractivity (Wildman–Crippen MR) is 149 cm³/mol. The Morgan fingerprint density at radius 1 is 0.800 bits per heavy atom. The molecule has 2 heterocycles. The van der Waals surface area contributed by atoms with Crippen molar-refractivity contribution in [3.8, 4) is 0 Å². The number of aryl methyl sites for hydroxylation is 1. The average molecular weight is 538 g/mol. The number of imide groups is 2. The van der Waals surface area contributed by atoms with Crippen LogP contribution < -0.4 is 9.80 Å². The van der Waals surface area contributed by atoms with Crippen LogP contribution in [0.25, 0.3) is 0 Å². The standard InChI is InChI=1S/C31H27N3O6/c1-18-7-10-21(17-26(18)32(2)13-5-6-14-40-4)34-30(38)23-12-9-20(16-25(23)31(34)39)27(35)19-8-11-22-24(15-19)29(37)33(3)28(22)36/h5-12,15-17H,13-14H2,1-4H3/b6-5+. The van der Waals surface area contributed by atoms with E-state index in [4.69, 9.17) is 4.74 Å². The molecule has 0 aromatic heterocycles. The van der Waals surface area contributed by atoms with Crippen LogP contribution in [0.15, 0.2) is 66.7 Å². The highest BCUT2D eigenvalue weighted by Gasteiger charge is 2.38. The maximum atomic E-state index is 13.5. The third kappa shape index (κ3) is 4.40. The first-order valence-electron chi connectivity index (χ1n) is 12.6. The lowest BCUT2D eigenvalue weighted by Gasteiger charge is -2.23. The number of methoxy groups -OCH3 is 1. The van der Waals surface area contributed by atoms with Gasteiger partial charge in [0.1, 0.15) is 0 Å². The molecule has 0 saturated carbocycles. The largest absolute Gasteiger partial charge is 0.381 e. The van der Waals surface area contributed by atoms with Crippen molar-refractivity contribution in [2.24, 2.45) is 0 Å². The van der Waals surface area contributed by atoms with Crippen molar-refractivity contribution in [2.75, 3.05) is 44.2 Å². The van der Waals surface area contributed by atoms with Crippen LogP contribution in [-0.2, 0) is 4.74 Å². The van der Waals surface area contributed by atoms with E-state index in [9.17, 15) is 24.0 Å². The summed E-state index contributed by atoms with van der Waals surface area (Å²) < 4.78 is 5.04. The highest BCUT2D eigenvalue weighted by atomic mass is 16.5. The zero-order valence-corrected chi connectivity index (χ0v) is 22.6. The van der Waals surface area contributed by atoms with Crippen molar-refractivity contribution in [1.82, 2.24) is 4.90 Å². The molecular formula is C31H27N3O6. The van der Waals surface area contributed by atoms with Gasteiger partial charge in [0.05, 0.1) is 34.5 Å². The lowest BCUT2D eigenvalue weighted by atomic mass is 9.96. The second-order valence-electron chi connectivity index (χ2n) is 9.74. The van der Waals surface area contributed by atoms with Gasteiger partial charge in [0.25, 0.3) is 23.6 Å². The number of ether oxygens (including phenoxy) is 1. The van der Waals surface area contributed by atoms with Crippen LogP contribution in [0, 0.1) is 6.92 Å². The maximum Gasteiger partial charge on any atom is 0.266 e. The van der Waals surface area contributed by atoms with Crippen molar-refractivity contribution < 1.29 is 28.7 Å². The smallest absolute Gasteiger partial charge is 0.266 e. The summed E-state index contributed by atoms with van der Waals surface area (Å²) in [6, 6.07) is 14.1. The summed E-state index contributed by atoms with van der Waals surface area (Å²) in [6.45, 7) is 3.07. The summed E-state index contributed by atoms with van der Waals surface area (Å²) in [5.41, 5.74) is 3.40. The van der Waals surface area contributed by atoms with Gasteiger partial charge in [-0.2, -0.15) is 0 Å². The lowest BCUT2D eigenvalue weighted by Crippen LogP contribution is -2.29. The number of carbonyl (C=O) groups is 5. The van der Waals surface area contributed by atoms with E-state index >= 15 is 0 Å². The molecular weight excluding hydrogens is 510 g/mol. The molecule has 5 rings (SSSR count). The van der Waals surface area contributed by atoms with Gasteiger partial charge in [0.2, 0.25) is 0 Å². The van der Waals surface area contributed by atoms with Gasteiger partial charge >= 0.3 is 0 Å². The Hall–Kier alpha value is -4.89. The predicted octanol–water partition coefficient (Wildman–Crippen LogP) is 3.89. The fourth-order valence-corrected chi connectivity index (χ4v) is 4.93. The SMILES string of the molecule is COC/C=C/CN(C)c1cc(N2C(=O)c3ccc(C(=O)c4ccc5c(c4)C(=O)N(C)C5=O)cc3C2=O)ccc1C. The third-order valence-corrected chi connectivity index (χ3v) is 7.17. The van der Waals surface area contributed by atoms with Crippen molar-refractivity contribution in [1.29, 1.82) is 0 Å². The number of rotatable bonds is 8. The first-order chi connectivity index (χ1) is 19.1. The first-order valence-corrected chi connectivity index (χ1v) is 12.6. The van der Waals surface area contributed by atoms with Gasteiger partial charge in [0.15, 0.2) is 5.78 Å². The Kier molecular flexibility index (Phi) is 6.91. The van der Waals surface area contributed by atoms with E-state index in [2.05, 4.69) is 0 Å². The van der Waals surface area contributed by atoms with Gasteiger partial charge in [-0.15, -0.1) is 0 Å². The van der Waals surface area contributed by atoms with Gasteiger partial charge in [-0.1, -0.05) is 30.4 Å². The molecule has 202 valence electrons. The summed E-state index contributed by atoms with van der Waals surface area (Å²) in [5.74, 6) is -2.33. The minimum atomic E-state index is -0.525.